The fraction of sp³-hybridized carbons (Fsp3) is 0.250. The minimum absolute atomic E-state index is 0.0561. The molecule has 0 aliphatic rings. The molecule has 0 saturated carbocycles. The molecule has 4 heteroatoms. The first-order chi connectivity index (χ1) is 9.65. The molecular formula is C16H17ClFNO. The quantitative estimate of drug-likeness (QED) is 0.843. The average Bonchev–Trinajstić information content (AvgIpc) is 2.46. The van der Waals surface area contributed by atoms with Gasteiger partial charge in [-0.1, -0.05) is 36.7 Å². The zero-order chi connectivity index (χ0) is 14.5. The Morgan fingerprint density at radius 1 is 1.25 bits per heavy atom. The monoisotopic (exact) mass is 293 g/mol. The molecule has 0 saturated heterocycles. The van der Waals surface area contributed by atoms with Crippen LogP contribution in [0.2, 0.25) is 5.02 Å². The third kappa shape index (κ3) is 3.30. The largest absolute Gasteiger partial charge is 0.457 e. The molecule has 0 bridgehead atoms. The zero-order valence-electron chi connectivity index (χ0n) is 11.5. The molecule has 0 heterocycles. The van der Waals surface area contributed by atoms with Crippen molar-refractivity contribution in [1.29, 1.82) is 0 Å². The van der Waals surface area contributed by atoms with E-state index in [9.17, 15) is 4.39 Å². The maximum Gasteiger partial charge on any atom is 0.142 e. The molecule has 0 aliphatic heterocycles. The van der Waals surface area contributed by atoms with Gasteiger partial charge in [-0.2, -0.15) is 0 Å². The highest BCUT2D eigenvalue weighted by Gasteiger charge is 2.13. The summed E-state index contributed by atoms with van der Waals surface area (Å²) in [7, 11) is 1.92. The van der Waals surface area contributed by atoms with E-state index < -0.39 is 5.82 Å². The Balaban J connectivity index is 2.31. The first-order valence-corrected chi connectivity index (χ1v) is 6.92. The summed E-state index contributed by atoms with van der Waals surface area (Å²) in [6.45, 7) is 2.10. The second kappa shape index (κ2) is 6.73. The number of nitrogens with one attached hydrogen (secondary N) is 1. The van der Waals surface area contributed by atoms with Gasteiger partial charge in [0.05, 0.1) is 5.02 Å². The van der Waals surface area contributed by atoms with Crippen molar-refractivity contribution in [2.45, 2.75) is 19.4 Å². The summed E-state index contributed by atoms with van der Waals surface area (Å²) < 4.78 is 19.0. The molecular weight excluding hydrogens is 277 g/mol. The third-order valence-corrected chi connectivity index (χ3v) is 3.46. The predicted molar refractivity (Wildman–Crippen MR) is 80.0 cm³/mol. The first-order valence-electron chi connectivity index (χ1n) is 6.54. The van der Waals surface area contributed by atoms with Crippen molar-refractivity contribution in [1.82, 2.24) is 5.32 Å². The summed E-state index contributed by atoms with van der Waals surface area (Å²) in [5.41, 5.74) is 1.07. The highest BCUT2D eigenvalue weighted by molar-refractivity contribution is 6.30. The molecule has 2 nitrogen and oxygen atoms in total. The van der Waals surface area contributed by atoms with E-state index in [-0.39, 0.29) is 11.1 Å². The van der Waals surface area contributed by atoms with Gasteiger partial charge in [0.2, 0.25) is 0 Å². The number of benzene rings is 2. The summed E-state index contributed by atoms with van der Waals surface area (Å²) >= 11 is 5.77. The van der Waals surface area contributed by atoms with Gasteiger partial charge in [0.25, 0.3) is 0 Å². The van der Waals surface area contributed by atoms with Crippen LogP contribution < -0.4 is 10.1 Å². The molecule has 2 aromatic rings. The number of hydrogen-bond donors (Lipinski definition) is 1. The van der Waals surface area contributed by atoms with Crippen LogP contribution in [0.4, 0.5) is 4.39 Å². The summed E-state index contributed by atoms with van der Waals surface area (Å²) in [5, 5.41) is 3.30. The molecule has 106 valence electrons. The van der Waals surface area contributed by atoms with Crippen LogP contribution in [0.25, 0.3) is 0 Å². The fourth-order valence-electron chi connectivity index (χ4n) is 2.11. The molecule has 20 heavy (non-hydrogen) atoms. The second-order valence-electron chi connectivity index (χ2n) is 4.47. The SMILES string of the molecule is CCC(NC)c1ccccc1Oc1ccc(F)c(Cl)c1. The number of rotatable bonds is 5. The van der Waals surface area contributed by atoms with Crippen LogP contribution in [0, 0.1) is 5.82 Å². The van der Waals surface area contributed by atoms with Crippen LogP contribution in [0.5, 0.6) is 11.5 Å². The molecule has 1 unspecified atom stereocenters. The Hall–Kier alpha value is -1.58. The van der Waals surface area contributed by atoms with Crippen LogP contribution in [0.1, 0.15) is 24.9 Å². The van der Waals surface area contributed by atoms with E-state index in [1.807, 2.05) is 31.3 Å². The van der Waals surface area contributed by atoms with E-state index in [1.54, 1.807) is 6.07 Å². The van der Waals surface area contributed by atoms with Crippen LogP contribution in [-0.4, -0.2) is 7.05 Å². The molecule has 0 spiro atoms. The Kier molecular flexibility index (Phi) is 4.99. The smallest absolute Gasteiger partial charge is 0.142 e. The lowest BCUT2D eigenvalue weighted by molar-refractivity contribution is 0.457. The average molecular weight is 294 g/mol. The van der Waals surface area contributed by atoms with Crippen molar-refractivity contribution in [3.8, 4) is 11.5 Å². The first kappa shape index (κ1) is 14.8. The van der Waals surface area contributed by atoms with Gasteiger partial charge in [0, 0.05) is 17.7 Å². The van der Waals surface area contributed by atoms with Crippen molar-refractivity contribution in [3.63, 3.8) is 0 Å². The second-order valence-corrected chi connectivity index (χ2v) is 4.87. The Bertz CT molecular complexity index is 584. The Morgan fingerprint density at radius 2 is 2.00 bits per heavy atom. The minimum Gasteiger partial charge on any atom is -0.457 e. The maximum atomic E-state index is 13.2. The van der Waals surface area contributed by atoms with Crippen LogP contribution in [-0.2, 0) is 0 Å². The standard InChI is InChI=1S/C16H17ClFNO/c1-3-15(19-2)12-6-4-5-7-16(12)20-11-8-9-14(18)13(17)10-11/h4-10,15,19H,3H2,1-2H3. The van der Waals surface area contributed by atoms with Crippen LogP contribution in [0.3, 0.4) is 0 Å². The van der Waals surface area contributed by atoms with Gasteiger partial charge >= 0.3 is 0 Å². The topological polar surface area (TPSA) is 21.3 Å². The number of halogens is 2. The molecule has 2 rings (SSSR count). The van der Waals surface area contributed by atoms with Crippen molar-refractivity contribution in [2.24, 2.45) is 0 Å². The summed E-state index contributed by atoms with van der Waals surface area (Å²) in [5.74, 6) is 0.820. The summed E-state index contributed by atoms with van der Waals surface area (Å²) in [6.07, 6.45) is 0.945. The lowest BCUT2D eigenvalue weighted by atomic mass is 10.0. The zero-order valence-corrected chi connectivity index (χ0v) is 12.2. The molecule has 0 radical (unpaired) electrons. The number of hydrogen-bond acceptors (Lipinski definition) is 2. The molecule has 0 amide bonds. The molecule has 0 aromatic heterocycles. The fourth-order valence-corrected chi connectivity index (χ4v) is 2.28. The van der Waals surface area contributed by atoms with Crippen molar-refractivity contribution < 1.29 is 9.13 Å². The van der Waals surface area contributed by atoms with E-state index in [1.165, 1.54) is 12.1 Å². The summed E-state index contributed by atoms with van der Waals surface area (Å²) in [6, 6.07) is 12.4. The van der Waals surface area contributed by atoms with E-state index in [0.29, 0.717) is 5.75 Å². The van der Waals surface area contributed by atoms with Crippen molar-refractivity contribution in [2.75, 3.05) is 7.05 Å². The minimum atomic E-state index is -0.450. The maximum absolute atomic E-state index is 13.2. The Morgan fingerprint density at radius 3 is 2.65 bits per heavy atom. The van der Waals surface area contributed by atoms with Gasteiger partial charge in [-0.15, -0.1) is 0 Å². The van der Waals surface area contributed by atoms with Gasteiger partial charge in [-0.05, 0) is 31.7 Å². The van der Waals surface area contributed by atoms with Gasteiger partial charge in [0.15, 0.2) is 0 Å². The van der Waals surface area contributed by atoms with E-state index in [2.05, 4.69) is 12.2 Å². The summed E-state index contributed by atoms with van der Waals surface area (Å²) in [4.78, 5) is 0. The predicted octanol–water partition coefficient (Wildman–Crippen LogP) is 4.94. The van der Waals surface area contributed by atoms with E-state index >= 15 is 0 Å². The van der Waals surface area contributed by atoms with Gasteiger partial charge in [0.1, 0.15) is 17.3 Å². The molecule has 0 fully saturated rings. The van der Waals surface area contributed by atoms with Gasteiger partial charge < -0.3 is 10.1 Å². The van der Waals surface area contributed by atoms with Crippen LogP contribution >= 0.6 is 11.6 Å². The lowest BCUT2D eigenvalue weighted by Crippen LogP contribution is -2.15. The molecule has 1 N–H and O–H groups in total. The Labute approximate surface area is 123 Å². The number of para-hydroxylation sites is 1. The molecule has 2 aromatic carbocycles. The van der Waals surface area contributed by atoms with Gasteiger partial charge in [-0.25, -0.2) is 4.39 Å². The number of ether oxygens (including phenoxy) is 1. The van der Waals surface area contributed by atoms with Crippen LogP contribution in [0.15, 0.2) is 42.5 Å². The van der Waals surface area contributed by atoms with Crippen molar-refractivity contribution >= 4 is 11.6 Å². The van der Waals surface area contributed by atoms with Gasteiger partial charge in [-0.3, -0.25) is 0 Å². The van der Waals surface area contributed by atoms with Crippen molar-refractivity contribution in [3.05, 3.63) is 58.9 Å². The normalized spacial score (nSPS) is 12.2. The molecule has 1 atom stereocenters. The van der Waals surface area contributed by atoms with E-state index in [4.69, 9.17) is 16.3 Å². The van der Waals surface area contributed by atoms with E-state index in [0.717, 1.165) is 17.7 Å². The third-order valence-electron chi connectivity index (χ3n) is 3.17. The highest BCUT2D eigenvalue weighted by Crippen LogP contribution is 2.32. The molecule has 0 aliphatic carbocycles. The highest BCUT2D eigenvalue weighted by atomic mass is 35.5. The lowest BCUT2D eigenvalue weighted by Gasteiger charge is -2.18.